The molecule has 0 radical (unpaired) electrons. The van der Waals surface area contributed by atoms with Crippen LogP contribution < -0.4 is 0 Å². The van der Waals surface area contributed by atoms with Gasteiger partial charge in [0.2, 0.25) is 0 Å². The Hall–Kier alpha value is -0.410. The van der Waals surface area contributed by atoms with Gasteiger partial charge in [-0.2, -0.15) is 0 Å². The molecular formula is C14H25NO2. The van der Waals surface area contributed by atoms with Crippen LogP contribution in [0.3, 0.4) is 0 Å². The molecule has 1 aliphatic carbocycles. The summed E-state index contributed by atoms with van der Waals surface area (Å²) in [5.74, 6) is 0.850. The van der Waals surface area contributed by atoms with Gasteiger partial charge in [-0.25, -0.2) is 0 Å². The lowest BCUT2D eigenvalue weighted by atomic mass is 9.94. The highest BCUT2D eigenvalue weighted by atomic mass is 16.5. The molecule has 2 aliphatic rings. The number of likely N-dealkylation sites (tertiary alicyclic amines) is 1. The molecule has 3 nitrogen and oxygen atoms in total. The van der Waals surface area contributed by atoms with Crippen molar-refractivity contribution in [3.8, 4) is 0 Å². The van der Waals surface area contributed by atoms with E-state index in [9.17, 15) is 4.79 Å². The number of ketones is 1. The van der Waals surface area contributed by atoms with Crippen LogP contribution in [-0.2, 0) is 9.53 Å². The number of carbonyl (C=O) groups is 1. The first kappa shape index (κ1) is 13.0. The van der Waals surface area contributed by atoms with E-state index in [1.165, 1.54) is 19.4 Å². The van der Waals surface area contributed by atoms with E-state index in [-0.39, 0.29) is 0 Å². The summed E-state index contributed by atoms with van der Waals surface area (Å²) < 4.78 is 5.16. The van der Waals surface area contributed by atoms with Crippen molar-refractivity contribution in [1.29, 1.82) is 0 Å². The zero-order valence-corrected chi connectivity index (χ0v) is 11.2. The number of hydrogen-bond acceptors (Lipinski definition) is 3. The molecule has 0 aromatic rings. The van der Waals surface area contributed by atoms with E-state index in [1.54, 1.807) is 7.11 Å². The van der Waals surface area contributed by atoms with E-state index >= 15 is 0 Å². The molecule has 3 unspecified atom stereocenters. The van der Waals surface area contributed by atoms with Gasteiger partial charge in [-0.05, 0) is 45.6 Å². The highest BCUT2D eigenvalue weighted by Crippen LogP contribution is 2.34. The van der Waals surface area contributed by atoms with Crippen LogP contribution in [0.5, 0.6) is 0 Å². The lowest BCUT2D eigenvalue weighted by molar-refractivity contribution is -0.122. The van der Waals surface area contributed by atoms with Gasteiger partial charge in [0.15, 0.2) is 0 Å². The third kappa shape index (κ3) is 2.89. The smallest absolute Gasteiger partial charge is 0.137 e. The Balaban J connectivity index is 1.94. The topological polar surface area (TPSA) is 29.5 Å². The van der Waals surface area contributed by atoms with Gasteiger partial charge in [0, 0.05) is 38.1 Å². The van der Waals surface area contributed by atoms with E-state index in [1.807, 2.05) is 0 Å². The number of ether oxygens (including phenoxy) is 1. The first-order valence-electron chi connectivity index (χ1n) is 7.01. The van der Waals surface area contributed by atoms with Crippen molar-refractivity contribution in [3.05, 3.63) is 0 Å². The third-order valence-electron chi connectivity index (χ3n) is 4.46. The van der Waals surface area contributed by atoms with Gasteiger partial charge in [-0.3, -0.25) is 9.69 Å². The predicted molar refractivity (Wildman–Crippen MR) is 68.0 cm³/mol. The number of hydrogen-bond donors (Lipinski definition) is 0. The summed E-state index contributed by atoms with van der Waals surface area (Å²) in [7, 11) is 1.76. The fourth-order valence-electron chi connectivity index (χ4n) is 3.50. The summed E-state index contributed by atoms with van der Waals surface area (Å²) in [4.78, 5) is 14.5. The maximum Gasteiger partial charge on any atom is 0.137 e. The maximum atomic E-state index is 11.9. The van der Waals surface area contributed by atoms with Crippen LogP contribution in [0.2, 0.25) is 0 Å². The fourth-order valence-corrected chi connectivity index (χ4v) is 3.50. The van der Waals surface area contributed by atoms with Crippen molar-refractivity contribution in [1.82, 2.24) is 4.90 Å². The molecule has 3 atom stereocenters. The minimum atomic E-state index is 0.336. The highest BCUT2D eigenvalue weighted by Gasteiger charge is 2.39. The molecule has 0 aromatic heterocycles. The molecule has 0 aromatic carbocycles. The van der Waals surface area contributed by atoms with Crippen molar-refractivity contribution in [2.75, 3.05) is 20.3 Å². The molecule has 1 saturated carbocycles. The summed E-state index contributed by atoms with van der Waals surface area (Å²) in [6.45, 7) is 4.26. The molecule has 0 spiro atoms. The van der Waals surface area contributed by atoms with Gasteiger partial charge in [-0.1, -0.05) is 0 Å². The lowest BCUT2D eigenvalue weighted by Crippen LogP contribution is -2.43. The molecular weight excluding hydrogens is 214 g/mol. The first-order valence-corrected chi connectivity index (χ1v) is 7.01. The largest absolute Gasteiger partial charge is 0.385 e. The summed E-state index contributed by atoms with van der Waals surface area (Å²) >= 11 is 0. The number of methoxy groups -OCH3 is 1. The summed E-state index contributed by atoms with van der Waals surface area (Å²) in [6, 6.07) is 1.08. The van der Waals surface area contributed by atoms with Gasteiger partial charge >= 0.3 is 0 Å². The highest BCUT2D eigenvalue weighted by molar-refractivity contribution is 5.83. The minimum Gasteiger partial charge on any atom is -0.385 e. The molecule has 0 amide bonds. The standard InChI is InChI=1S/C14H25NO2/c1-11(8-10-17-2)15-9-4-6-13(15)12-5-3-7-14(12)16/h11-13H,3-10H2,1-2H3. The molecule has 2 fully saturated rings. The maximum absolute atomic E-state index is 11.9. The van der Waals surface area contributed by atoms with E-state index in [0.717, 1.165) is 32.3 Å². The van der Waals surface area contributed by atoms with Crippen LogP contribution >= 0.6 is 0 Å². The van der Waals surface area contributed by atoms with Crippen molar-refractivity contribution in [3.63, 3.8) is 0 Å². The molecule has 1 saturated heterocycles. The van der Waals surface area contributed by atoms with E-state index in [0.29, 0.717) is 23.8 Å². The Labute approximate surface area is 105 Å². The Bertz CT molecular complexity index is 267. The second kappa shape index (κ2) is 5.96. The normalized spacial score (nSPS) is 32.2. The average molecular weight is 239 g/mol. The van der Waals surface area contributed by atoms with Crippen LogP contribution in [-0.4, -0.2) is 43.0 Å². The van der Waals surface area contributed by atoms with E-state index < -0.39 is 0 Å². The molecule has 0 bridgehead atoms. The molecule has 1 heterocycles. The monoisotopic (exact) mass is 239 g/mol. The second-order valence-electron chi connectivity index (χ2n) is 5.54. The van der Waals surface area contributed by atoms with Crippen LogP contribution in [0, 0.1) is 5.92 Å². The van der Waals surface area contributed by atoms with Gasteiger partial charge < -0.3 is 4.74 Å². The van der Waals surface area contributed by atoms with Crippen molar-refractivity contribution >= 4 is 5.78 Å². The third-order valence-corrected chi connectivity index (χ3v) is 4.46. The fraction of sp³-hybridized carbons (Fsp3) is 0.929. The Kier molecular flexibility index (Phi) is 4.57. The van der Waals surface area contributed by atoms with Crippen molar-refractivity contribution < 1.29 is 9.53 Å². The number of Topliss-reactive ketones (excluding diaryl/α,β-unsaturated/α-hetero) is 1. The summed E-state index contributed by atoms with van der Waals surface area (Å²) in [5, 5.41) is 0. The Morgan fingerprint density at radius 1 is 1.41 bits per heavy atom. The van der Waals surface area contributed by atoms with Crippen LogP contribution in [0.15, 0.2) is 0 Å². The van der Waals surface area contributed by atoms with Crippen molar-refractivity contribution in [2.45, 2.75) is 57.5 Å². The number of nitrogens with zero attached hydrogens (tertiary/aromatic N) is 1. The Morgan fingerprint density at radius 2 is 2.24 bits per heavy atom. The van der Waals surface area contributed by atoms with Crippen molar-refractivity contribution in [2.24, 2.45) is 5.92 Å². The zero-order chi connectivity index (χ0) is 12.3. The SMILES string of the molecule is COCCC(C)N1CCCC1C1CCCC1=O. The predicted octanol–water partition coefficient (Wildman–Crippen LogP) is 2.25. The van der Waals surface area contributed by atoms with E-state index in [2.05, 4.69) is 11.8 Å². The summed E-state index contributed by atoms with van der Waals surface area (Å²) in [5.41, 5.74) is 0. The quantitative estimate of drug-likeness (QED) is 0.737. The van der Waals surface area contributed by atoms with Crippen LogP contribution in [0.4, 0.5) is 0 Å². The van der Waals surface area contributed by atoms with Gasteiger partial charge in [0.1, 0.15) is 5.78 Å². The molecule has 1 aliphatic heterocycles. The van der Waals surface area contributed by atoms with Gasteiger partial charge in [0.05, 0.1) is 0 Å². The molecule has 2 rings (SSSR count). The average Bonchev–Trinajstić information content (AvgIpc) is 2.93. The molecule has 0 N–H and O–H groups in total. The van der Waals surface area contributed by atoms with E-state index in [4.69, 9.17) is 4.74 Å². The van der Waals surface area contributed by atoms with Gasteiger partial charge in [0.25, 0.3) is 0 Å². The first-order chi connectivity index (χ1) is 8.24. The van der Waals surface area contributed by atoms with Crippen LogP contribution in [0.25, 0.3) is 0 Å². The number of rotatable bonds is 5. The second-order valence-corrected chi connectivity index (χ2v) is 5.54. The molecule has 98 valence electrons. The number of carbonyl (C=O) groups excluding carboxylic acids is 1. The molecule has 3 heteroatoms. The lowest BCUT2D eigenvalue weighted by Gasteiger charge is -2.33. The zero-order valence-electron chi connectivity index (χ0n) is 11.2. The van der Waals surface area contributed by atoms with Gasteiger partial charge in [-0.15, -0.1) is 0 Å². The summed E-state index contributed by atoms with van der Waals surface area (Å²) in [6.07, 6.45) is 6.60. The Morgan fingerprint density at radius 3 is 2.88 bits per heavy atom. The van der Waals surface area contributed by atoms with Crippen LogP contribution in [0.1, 0.15) is 45.4 Å². The minimum absolute atomic E-state index is 0.336. The molecule has 17 heavy (non-hydrogen) atoms.